The monoisotopic (exact) mass is 310 g/mol. The fourth-order valence-corrected chi connectivity index (χ4v) is 2.29. The van der Waals surface area contributed by atoms with E-state index in [0.717, 1.165) is 5.56 Å². The Morgan fingerprint density at radius 2 is 1.70 bits per heavy atom. The smallest absolute Gasteiger partial charge is 0.340 e. The minimum atomic E-state index is -0.574. The molecular weight excluding hydrogens is 299 g/mol. The van der Waals surface area contributed by atoms with Crippen LogP contribution in [0.25, 0.3) is 0 Å². The molecule has 0 aliphatic heterocycles. The Bertz CT molecular complexity index is 589. The molecule has 0 N–H and O–H groups in total. The van der Waals surface area contributed by atoms with Crippen LogP contribution in [0.3, 0.4) is 0 Å². The molecule has 0 bridgehead atoms. The van der Waals surface area contributed by atoms with Crippen LogP contribution in [0.4, 0.5) is 0 Å². The molecular formula is C15H12Cl2O3. The standard InChI is InChI=1S/C15H12Cl2O3/c1-19-15(18)14-12(16)7-11(8-13(14)17)20-9-10-5-3-2-4-6-10/h2-8H,9H2,1H3. The topological polar surface area (TPSA) is 35.5 Å². The molecule has 20 heavy (non-hydrogen) atoms. The number of rotatable bonds is 4. The molecule has 3 nitrogen and oxygen atoms in total. The number of hydrogen-bond acceptors (Lipinski definition) is 3. The van der Waals surface area contributed by atoms with Crippen molar-refractivity contribution in [3.63, 3.8) is 0 Å². The van der Waals surface area contributed by atoms with Crippen LogP contribution in [0.2, 0.25) is 10.0 Å². The van der Waals surface area contributed by atoms with Crippen LogP contribution >= 0.6 is 23.2 Å². The van der Waals surface area contributed by atoms with Crippen LogP contribution in [0.5, 0.6) is 5.75 Å². The van der Waals surface area contributed by atoms with Gasteiger partial charge in [-0.3, -0.25) is 0 Å². The summed E-state index contributed by atoms with van der Waals surface area (Å²) in [6.45, 7) is 0.394. The van der Waals surface area contributed by atoms with Gasteiger partial charge in [-0.2, -0.15) is 0 Å². The van der Waals surface area contributed by atoms with Crippen LogP contribution in [0, 0.1) is 0 Å². The zero-order valence-electron chi connectivity index (χ0n) is 10.7. The van der Waals surface area contributed by atoms with Crippen LogP contribution < -0.4 is 4.74 Å². The molecule has 0 saturated carbocycles. The molecule has 0 amide bonds. The van der Waals surface area contributed by atoms with Gasteiger partial charge >= 0.3 is 5.97 Å². The Balaban J connectivity index is 2.16. The van der Waals surface area contributed by atoms with E-state index in [0.29, 0.717) is 12.4 Å². The van der Waals surface area contributed by atoms with Crippen molar-refractivity contribution in [3.05, 3.63) is 63.6 Å². The van der Waals surface area contributed by atoms with Gasteiger partial charge in [0.1, 0.15) is 12.4 Å². The molecule has 0 unspecified atom stereocenters. The van der Waals surface area contributed by atoms with E-state index in [9.17, 15) is 4.79 Å². The van der Waals surface area contributed by atoms with Gasteiger partial charge in [0.15, 0.2) is 0 Å². The number of hydrogen-bond donors (Lipinski definition) is 0. The Labute approximate surface area is 127 Å². The van der Waals surface area contributed by atoms with Crippen molar-refractivity contribution < 1.29 is 14.3 Å². The summed E-state index contributed by atoms with van der Waals surface area (Å²) in [6.07, 6.45) is 0. The van der Waals surface area contributed by atoms with Crippen molar-refractivity contribution in [1.29, 1.82) is 0 Å². The molecule has 0 aliphatic carbocycles. The predicted octanol–water partition coefficient (Wildman–Crippen LogP) is 4.36. The van der Waals surface area contributed by atoms with Crippen molar-refractivity contribution >= 4 is 29.2 Å². The lowest BCUT2D eigenvalue weighted by Crippen LogP contribution is -2.04. The highest BCUT2D eigenvalue weighted by Crippen LogP contribution is 2.31. The number of carbonyl (C=O) groups is 1. The Hall–Kier alpha value is -1.71. The van der Waals surface area contributed by atoms with E-state index >= 15 is 0 Å². The first-order chi connectivity index (χ1) is 9.61. The molecule has 5 heteroatoms. The number of benzene rings is 2. The third kappa shape index (κ3) is 3.44. The highest BCUT2D eigenvalue weighted by atomic mass is 35.5. The second kappa shape index (κ2) is 6.64. The van der Waals surface area contributed by atoms with Gasteiger partial charge in [-0.1, -0.05) is 53.5 Å². The van der Waals surface area contributed by atoms with E-state index in [-0.39, 0.29) is 15.6 Å². The Kier molecular flexibility index (Phi) is 4.88. The lowest BCUT2D eigenvalue weighted by molar-refractivity contribution is 0.0601. The molecule has 0 fully saturated rings. The predicted molar refractivity (Wildman–Crippen MR) is 78.6 cm³/mol. The first kappa shape index (κ1) is 14.7. The number of methoxy groups -OCH3 is 1. The van der Waals surface area contributed by atoms with Gasteiger partial charge in [0.05, 0.1) is 22.7 Å². The fourth-order valence-electron chi connectivity index (χ4n) is 1.67. The second-order valence-corrected chi connectivity index (χ2v) is 4.84. The molecule has 2 rings (SSSR count). The van der Waals surface area contributed by atoms with Crippen LogP contribution in [-0.4, -0.2) is 13.1 Å². The summed E-state index contributed by atoms with van der Waals surface area (Å²) in [7, 11) is 1.27. The molecule has 0 aromatic heterocycles. The third-order valence-corrected chi connectivity index (χ3v) is 3.25. The van der Waals surface area contributed by atoms with Crippen molar-refractivity contribution in [2.45, 2.75) is 6.61 Å². The average Bonchev–Trinajstić information content (AvgIpc) is 2.45. The van der Waals surface area contributed by atoms with Crippen molar-refractivity contribution in [2.75, 3.05) is 7.11 Å². The second-order valence-electron chi connectivity index (χ2n) is 4.03. The highest BCUT2D eigenvalue weighted by molar-refractivity contribution is 6.39. The minimum absolute atomic E-state index is 0.142. The Morgan fingerprint density at radius 1 is 1.10 bits per heavy atom. The molecule has 0 saturated heterocycles. The number of ether oxygens (including phenoxy) is 2. The zero-order valence-corrected chi connectivity index (χ0v) is 12.2. The molecule has 0 heterocycles. The summed E-state index contributed by atoms with van der Waals surface area (Å²) in [6, 6.07) is 12.8. The van der Waals surface area contributed by atoms with Gasteiger partial charge in [0.2, 0.25) is 0 Å². The van der Waals surface area contributed by atoms with E-state index in [1.165, 1.54) is 7.11 Å². The summed E-state index contributed by atoms with van der Waals surface area (Å²) < 4.78 is 10.2. The fraction of sp³-hybridized carbons (Fsp3) is 0.133. The summed E-state index contributed by atoms with van der Waals surface area (Å²) in [5, 5.41) is 0.403. The lowest BCUT2D eigenvalue weighted by atomic mass is 10.2. The van der Waals surface area contributed by atoms with E-state index in [4.69, 9.17) is 27.9 Å². The van der Waals surface area contributed by atoms with Gasteiger partial charge < -0.3 is 9.47 Å². The van der Waals surface area contributed by atoms with Crippen LogP contribution in [0.15, 0.2) is 42.5 Å². The zero-order chi connectivity index (χ0) is 14.5. The molecule has 2 aromatic carbocycles. The molecule has 0 spiro atoms. The van der Waals surface area contributed by atoms with Gasteiger partial charge in [0.25, 0.3) is 0 Å². The van der Waals surface area contributed by atoms with Gasteiger partial charge in [-0.25, -0.2) is 4.79 Å². The SMILES string of the molecule is COC(=O)c1c(Cl)cc(OCc2ccccc2)cc1Cl. The number of esters is 1. The maximum atomic E-state index is 11.5. The maximum absolute atomic E-state index is 11.5. The first-order valence-corrected chi connectivity index (χ1v) is 6.61. The molecule has 0 radical (unpaired) electrons. The molecule has 0 aliphatic rings. The summed E-state index contributed by atoms with van der Waals surface area (Å²) in [5.41, 5.74) is 1.17. The average molecular weight is 311 g/mol. The Morgan fingerprint density at radius 3 is 2.25 bits per heavy atom. The van der Waals surface area contributed by atoms with Gasteiger partial charge in [-0.05, 0) is 17.7 Å². The van der Waals surface area contributed by atoms with E-state index < -0.39 is 5.97 Å². The molecule has 0 atom stereocenters. The summed E-state index contributed by atoms with van der Waals surface area (Å²) >= 11 is 12.0. The van der Waals surface area contributed by atoms with Crippen molar-refractivity contribution in [3.8, 4) is 5.75 Å². The molecule has 2 aromatic rings. The third-order valence-electron chi connectivity index (χ3n) is 2.65. The van der Waals surface area contributed by atoms with Crippen molar-refractivity contribution in [1.82, 2.24) is 0 Å². The minimum Gasteiger partial charge on any atom is -0.489 e. The van der Waals surface area contributed by atoms with Crippen LogP contribution in [-0.2, 0) is 11.3 Å². The molecule has 104 valence electrons. The first-order valence-electron chi connectivity index (χ1n) is 5.86. The van der Waals surface area contributed by atoms with E-state index in [2.05, 4.69) is 4.74 Å². The number of carbonyl (C=O) groups excluding carboxylic acids is 1. The number of halogens is 2. The summed E-state index contributed by atoms with van der Waals surface area (Å²) in [4.78, 5) is 11.5. The quantitative estimate of drug-likeness (QED) is 0.787. The normalized spacial score (nSPS) is 10.2. The van der Waals surface area contributed by atoms with Gasteiger partial charge in [0, 0.05) is 0 Å². The van der Waals surface area contributed by atoms with E-state index in [1.54, 1.807) is 12.1 Å². The van der Waals surface area contributed by atoms with E-state index in [1.807, 2.05) is 30.3 Å². The summed E-state index contributed by atoms with van der Waals surface area (Å²) in [5.74, 6) is -0.0777. The largest absolute Gasteiger partial charge is 0.489 e. The van der Waals surface area contributed by atoms with Gasteiger partial charge in [-0.15, -0.1) is 0 Å². The highest BCUT2D eigenvalue weighted by Gasteiger charge is 2.17. The lowest BCUT2D eigenvalue weighted by Gasteiger charge is -2.10. The maximum Gasteiger partial charge on any atom is 0.340 e. The van der Waals surface area contributed by atoms with Crippen molar-refractivity contribution in [2.24, 2.45) is 0 Å². The van der Waals surface area contributed by atoms with Crippen LogP contribution in [0.1, 0.15) is 15.9 Å².